The minimum Gasteiger partial charge on any atom is -0.520 e. The zero-order valence-electron chi connectivity index (χ0n) is 18.2. The van der Waals surface area contributed by atoms with Crippen LogP contribution in [0.1, 0.15) is 90.4 Å². The van der Waals surface area contributed by atoms with E-state index in [9.17, 15) is 8.78 Å². The molecule has 0 bridgehead atoms. The SMILES string of the molecule is CCCCCCCCCCCCCCCO[Si](C)(C)Oc1cc(F)cc(F)c1. The van der Waals surface area contributed by atoms with Gasteiger partial charge in [0.2, 0.25) is 0 Å². The molecular formula is C23H40F2O2Si. The van der Waals surface area contributed by atoms with Crippen molar-refractivity contribution in [3.05, 3.63) is 29.8 Å². The standard InChI is InChI=1S/C23H40F2O2Si/c1-4-5-6-7-8-9-10-11-12-13-14-15-16-17-26-28(2,3)27-23-19-21(24)18-22(25)20-23/h18-20H,4-17H2,1-3H3. The fourth-order valence-corrected chi connectivity index (χ4v) is 4.72. The number of benzene rings is 1. The highest BCUT2D eigenvalue weighted by Gasteiger charge is 2.27. The summed E-state index contributed by atoms with van der Waals surface area (Å²) in [5, 5.41) is 0. The highest BCUT2D eigenvalue weighted by Crippen LogP contribution is 2.20. The van der Waals surface area contributed by atoms with Crippen molar-refractivity contribution in [3.8, 4) is 5.75 Å². The molecule has 0 unspecified atom stereocenters. The molecule has 0 saturated heterocycles. The van der Waals surface area contributed by atoms with Crippen molar-refractivity contribution in [2.75, 3.05) is 6.61 Å². The van der Waals surface area contributed by atoms with E-state index in [4.69, 9.17) is 8.85 Å². The fourth-order valence-electron chi connectivity index (χ4n) is 3.34. The van der Waals surface area contributed by atoms with Crippen LogP contribution in [0.25, 0.3) is 0 Å². The largest absolute Gasteiger partial charge is 0.520 e. The predicted molar refractivity (Wildman–Crippen MR) is 116 cm³/mol. The van der Waals surface area contributed by atoms with E-state index in [-0.39, 0.29) is 5.75 Å². The molecular weight excluding hydrogens is 374 g/mol. The van der Waals surface area contributed by atoms with Crippen LogP contribution in [0.5, 0.6) is 5.75 Å². The summed E-state index contributed by atoms with van der Waals surface area (Å²) in [6, 6.07) is 3.24. The van der Waals surface area contributed by atoms with E-state index in [0.717, 1.165) is 18.9 Å². The van der Waals surface area contributed by atoms with Gasteiger partial charge in [-0.25, -0.2) is 8.78 Å². The molecule has 0 fully saturated rings. The minimum atomic E-state index is -2.43. The maximum absolute atomic E-state index is 13.2. The molecule has 2 nitrogen and oxygen atoms in total. The zero-order chi connectivity index (χ0) is 20.7. The number of hydrogen-bond acceptors (Lipinski definition) is 2. The van der Waals surface area contributed by atoms with Crippen LogP contribution >= 0.6 is 0 Å². The van der Waals surface area contributed by atoms with Crippen LogP contribution in [0.2, 0.25) is 13.1 Å². The molecule has 0 heterocycles. The minimum absolute atomic E-state index is 0.208. The Hall–Kier alpha value is -0.943. The summed E-state index contributed by atoms with van der Waals surface area (Å²) in [6.45, 7) is 6.71. The molecule has 0 aromatic heterocycles. The molecule has 1 aromatic carbocycles. The van der Waals surface area contributed by atoms with Gasteiger partial charge in [-0.1, -0.05) is 84.0 Å². The summed E-state index contributed by atoms with van der Waals surface area (Å²) < 4.78 is 38.1. The Bertz CT molecular complexity index is 503. The maximum atomic E-state index is 13.2. The first-order valence-corrected chi connectivity index (χ1v) is 14.0. The van der Waals surface area contributed by atoms with Crippen LogP contribution in [-0.4, -0.2) is 15.2 Å². The van der Waals surface area contributed by atoms with Crippen molar-refractivity contribution in [1.82, 2.24) is 0 Å². The molecule has 162 valence electrons. The monoisotopic (exact) mass is 414 g/mol. The molecule has 0 atom stereocenters. The summed E-state index contributed by atoms with van der Waals surface area (Å²) in [5.74, 6) is -1.05. The number of unbranched alkanes of at least 4 members (excludes halogenated alkanes) is 12. The Balaban J connectivity index is 1.97. The summed E-state index contributed by atoms with van der Waals surface area (Å²) >= 11 is 0. The summed E-state index contributed by atoms with van der Waals surface area (Å²) in [7, 11) is -2.43. The summed E-state index contributed by atoms with van der Waals surface area (Å²) in [6.07, 6.45) is 17.1. The van der Waals surface area contributed by atoms with E-state index in [1.54, 1.807) is 0 Å². The van der Waals surface area contributed by atoms with E-state index in [2.05, 4.69) is 6.92 Å². The van der Waals surface area contributed by atoms with Crippen molar-refractivity contribution < 1.29 is 17.6 Å². The van der Waals surface area contributed by atoms with E-state index < -0.39 is 20.2 Å². The zero-order valence-corrected chi connectivity index (χ0v) is 19.2. The average Bonchev–Trinajstić information content (AvgIpc) is 2.60. The molecule has 0 spiro atoms. The van der Waals surface area contributed by atoms with Crippen LogP contribution in [0.3, 0.4) is 0 Å². The second kappa shape index (κ2) is 15.0. The number of rotatable bonds is 17. The predicted octanol–water partition coefficient (Wildman–Crippen LogP) is 8.15. The van der Waals surface area contributed by atoms with Gasteiger partial charge in [-0.05, 0) is 19.5 Å². The third-order valence-corrected chi connectivity index (χ3v) is 6.52. The molecule has 1 aromatic rings. The van der Waals surface area contributed by atoms with Gasteiger partial charge in [-0.3, -0.25) is 0 Å². The van der Waals surface area contributed by atoms with Crippen molar-refractivity contribution in [1.29, 1.82) is 0 Å². The quantitative estimate of drug-likeness (QED) is 0.189. The van der Waals surface area contributed by atoms with E-state index >= 15 is 0 Å². The fraction of sp³-hybridized carbons (Fsp3) is 0.739. The van der Waals surface area contributed by atoms with Gasteiger partial charge in [0.15, 0.2) is 0 Å². The van der Waals surface area contributed by atoms with Crippen LogP contribution in [0, 0.1) is 11.6 Å². The smallest absolute Gasteiger partial charge is 0.392 e. The van der Waals surface area contributed by atoms with Gasteiger partial charge in [0.1, 0.15) is 17.4 Å². The summed E-state index contributed by atoms with van der Waals surface area (Å²) in [4.78, 5) is 0. The lowest BCUT2D eigenvalue weighted by Gasteiger charge is -2.24. The molecule has 0 N–H and O–H groups in total. The Kier molecular flexibility index (Phi) is 13.4. The molecule has 0 aliphatic rings. The lowest BCUT2D eigenvalue weighted by molar-refractivity contribution is 0.240. The number of hydrogen-bond donors (Lipinski definition) is 0. The van der Waals surface area contributed by atoms with Crippen molar-refractivity contribution in [3.63, 3.8) is 0 Å². The number of halogens is 2. The third kappa shape index (κ3) is 13.3. The van der Waals surface area contributed by atoms with Gasteiger partial charge in [-0.2, -0.15) is 0 Å². The van der Waals surface area contributed by atoms with Gasteiger partial charge in [0.25, 0.3) is 0 Å². The van der Waals surface area contributed by atoms with E-state index in [0.29, 0.717) is 6.61 Å². The first-order chi connectivity index (χ1) is 13.4. The van der Waals surface area contributed by atoms with E-state index in [1.165, 1.54) is 82.8 Å². The lowest BCUT2D eigenvalue weighted by atomic mass is 10.0. The first kappa shape index (κ1) is 25.1. The topological polar surface area (TPSA) is 18.5 Å². The maximum Gasteiger partial charge on any atom is 0.392 e. The Morgan fingerprint density at radius 2 is 1.11 bits per heavy atom. The lowest BCUT2D eigenvalue weighted by Crippen LogP contribution is -2.38. The molecule has 0 aliphatic carbocycles. The molecule has 5 heteroatoms. The summed E-state index contributed by atoms with van der Waals surface area (Å²) in [5.41, 5.74) is 0. The Labute approximate surface area is 172 Å². The van der Waals surface area contributed by atoms with Crippen molar-refractivity contribution in [2.24, 2.45) is 0 Å². The molecule has 1 rings (SSSR count). The molecule has 28 heavy (non-hydrogen) atoms. The molecule has 0 radical (unpaired) electrons. The van der Waals surface area contributed by atoms with Crippen LogP contribution < -0.4 is 4.43 Å². The van der Waals surface area contributed by atoms with Crippen LogP contribution in [0.4, 0.5) is 8.78 Å². The normalized spacial score (nSPS) is 11.8. The van der Waals surface area contributed by atoms with Crippen LogP contribution in [0.15, 0.2) is 18.2 Å². The first-order valence-electron chi connectivity index (χ1n) is 11.2. The second-order valence-electron chi connectivity index (χ2n) is 8.20. The van der Waals surface area contributed by atoms with E-state index in [1.807, 2.05) is 13.1 Å². The second-order valence-corrected chi connectivity index (χ2v) is 11.5. The Morgan fingerprint density at radius 3 is 1.57 bits per heavy atom. The Morgan fingerprint density at radius 1 is 0.679 bits per heavy atom. The highest BCUT2D eigenvalue weighted by atomic mass is 28.4. The highest BCUT2D eigenvalue weighted by molar-refractivity contribution is 6.65. The molecule has 0 saturated carbocycles. The van der Waals surface area contributed by atoms with Gasteiger partial charge >= 0.3 is 8.56 Å². The average molecular weight is 415 g/mol. The van der Waals surface area contributed by atoms with Crippen molar-refractivity contribution in [2.45, 2.75) is 103 Å². The molecule has 0 aliphatic heterocycles. The van der Waals surface area contributed by atoms with Crippen molar-refractivity contribution >= 4 is 8.56 Å². The third-order valence-electron chi connectivity index (χ3n) is 4.90. The van der Waals surface area contributed by atoms with Gasteiger partial charge < -0.3 is 8.85 Å². The van der Waals surface area contributed by atoms with Gasteiger partial charge in [0, 0.05) is 24.8 Å². The van der Waals surface area contributed by atoms with Gasteiger partial charge in [0.05, 0.1) is 0 Å². The van der Waals surface area contributed by atoms with Gasteiger partial charge in [-0.15, -0.1) is 0 Å². The molecule has 0 amide bonds. The van der Waals surface area contributed by atoms with Crippen LogP contribution in [-0.2, 0) is 4.43 Å².